The quantitative estimate of drug-likeness (QED) is 0.485. The first-order valence-corrected chi connectivity index (χ1v) is 11.1. The number of halogens is 2. The molecule has 1 aliphatic heterocycles. The van der Waals surface area contributed by atoms with Crippen molar-refractivity contribution in [3.05, 3.63) is 63.1 Å². The van der Waals surface area contributed by atoms with Crippen molar-refractivity contribution in [3.63, 3.8) is 0 Å². The Hall–Kier alpha value is -1.03. The summed E-state index contributed by atoms with van der Waals surface area (Å²) in [6.45, 7) is 7.59. The zero-order valence-corrected chi connectivity index (χ0v) is 18.6. The number of rotatable bonds is 7. The van der Waals surface area contributed by atoms with Gasteiger partial charge in [0.05, 0.1) is 6.10 Å². The maximum atomic E-state index is 6.28. The second kappa shape index (κ2) is 9.95. The molecular weight excluding hydrogens is 422 g/mol. The lowest BCUT2D eigenvalue weighted by atomic mass is 9.90. The van der Waals surface area contributed by atoms with E-state index in [1.165, 1.54) is 37.1 Å². The number of benzene rings is 2. The van der Waals surface area contributed by atoms with Crippen molar-refractivity contribution in [1.82, 2.24) is 4.90 Å². The number of nitrogens with zero attached hydrogens (tertiary/aromatic N) is 1. The molecule has 3 rings (SSSR count). The third kappa shape index (κ3) is 6.51. The third-order valence-electron chi connectivity index (χ3n) is 5.19. The van der Waals surface area contributed by atoms with E-state index in [-0.39, 0.29) is 6.10 Å². The number of piperidine rings is 1. The molecule has 146 valence electrons. The fourth-order valence-electron chi connectivity index (χ4n) is 3.81. The predicted molar refractivity (Wildman–Crippen MR) is 118 cm³/mol. The molecule has 1 saturated heterocycles. The number of hydrogen-bond acceptors (Lipinski definition) is 2. The standard InChI is InChI=1S/C23H29BrClNO/c1-17(2)27-22-15-19(14-21(24)16-22)13-18-7-10-26(11-8-18)12-9-20-5-3-4-6-23(20)25/h3-6,14-18H,7-13H2,1-2H3. The minimum absolute atomic E-state index is 0.202. The Bertz CT molecular complexity index is 741. The molecule has 0 unspecified atom stereocenters. The molecule has 0 aromatic heterocycles. The van der Waals surface area contributed by atoms with E-state index < -0.39 is 0 Å². The van der Waals surface area contributed by atoms with Crippen molar-refractivity contribution in [2.75, 3.05) is 19.6 Å². The first kappa shape index (κ1) is 20.7. The van der Waals surface area contributed by atoms with Crippen LogP contribution < -0.4 is 4.74 Å². The molecule has 1 heterocycles. The Morgan fingerprint density at radius 3 is 2.59 bits per heavy atom. The summed E-state index contributed by atoms with van der Waals surface area (Å²) < 4.78 is 6.98. The van der Waals surface area contributed by atoms with Gasteiger partial charge < -0.3 is 9.64 Å². The van der Waals surface area contributed by atoms with Crippen LogP contribution in [0.25, 0.3) is 0 Å². The number of ether oxygens (including phenoxy) is 1. The summed E-state index contributed by atoms with van der Waals surface area (Å²) >= 11 is 9.91. The van der Waals surface area contributed by atoms with Crippen LogP contribution in [-0.4, -0.2) is 30.6 Å². The third-order valence-corrected chi connectivity index (χ3v) is 6.02. The lowest BCUT2D eigenvalue weighted by Gasteiger charge is -2.32. The molecule has 0 bridgehead atoms. The zero-order valence-electron chi connectivity index (χ0n) is 16.3. The maximum absolute atomic E-state index is 6.28. The number of hydrogen-bond donors (Lipinski definition) is 0. The van der Waals surface area contributed by atoms with Crippen molar-refractivity contribution in [2.24, 2.45) is 5.92 Å². The van der Waals surface area contributed by atoms with Gasteiger partial charge in [-0.05, 0) is 93.9 Å². The lowest BCUT2D eigenvalue weighted by molar-refractivity contribution is 0.185. The van der Waals surface area contributed by atoms with Gasteiger partial charge in [-0.15, -0.1) is 0 Å². The minimum atomic E-state index is 0.202. The van der Waals surface area contributed by atoms with Crippen molar-refractivity contribution in [3.8, 4) is 5.75 Å². The molecule has 0 radical (unpaired) electrons. The Morgan fingerprint density at radius 1 is 1.15 bits per heavy atom. The van der Waals surface area contributed by atoms with Gasteiger partial charge in [-0.2, -0.15) is 0 Å². The normalized spacial score (nSPS) is 16.0. The fraction of sp³-hybridized carbons (Fsp3) is 0.478. The summed E-state index contributed by atoms with van der Waals surface area (Å²) in [5.41, 5.74) is 2.63. The molecule has 2 nitrogen and oxygen atoms in total. The van der Waals surface area contributed by atoms with Gasteiger partial charge >= 0.3 is 0 Å². The number of likely N-dealkylation sites (tertiary alicyclic amines) is 1. The molecular formula is C23H29BrClNO. The van der Waals surface area contributed by atoms with Gasteiger partial charge in [0.15, 0.2) is 0 Å². The lowest BCUT2D eigenvalue weighted by Crippen LogP contribution is -2.35. The van der Waals surface area contributed by atoms with Crippen molar-refractivity contribution in [1.29, 1.82) is 0 Å². The van der Waals surface area contributed by atoms with Gasteiger partial charge in [-0.25, -0.2) is 0 Å². The van der Waals surface area contributed by atoms with Crippen LogP contribution in [0.3, 0.4) is 0 Å². The molecule has 1 fully saturated rings. The zero-order chi connectivity index (χ0) is 19.2. The highest BCUT2D eigenvalue weighted by Gasteiger charge is 2.20. The van der Waals surface area contributed by atoms with Gasteiger partial charge in [0, 0.05) is 16.0 Å². The van der Waals surface area contributed by atoms with Crippen LogP contribution in [0.4, 0.5) is 0 Å². The van der Waals surface area contributed by atoms with Crippen LogP contribution >= 0.6 is 27.5 Å². The highest BCUT2D eigenvalue weighted by atomic mass is 79.9. The predicted octanol–water partition coefficient (Wildman–Crippen LogP) is 6.39. The van der Waals surface area contributed by atoms with E-state index in [1.807, 2.05) is 12.1 Å². The molecule has 0 N–H and O–H groups in total. The fourth-order valence-corrected chi connectivity index (χ4v) is 4.56. The summed E-state index contributed by atoms with van der Waals surface area (Å²) in [5.74, 6) is 1.72. The van der Waals surface area contributed by atoms with E-state index in [0.717, 1.165) is 40.5 Å². The van der Waals surface area contributed by atoms with Crippen molar-refractivity contribution >= 4 is 27.5 Å². The van der Waals surface area contributed by atoms with Gasteiger partial charge in [-0.1, -0.05) is 45.7 Å². The summed E-state index contributed by atoms with van der Waals surface area (Å²) in [7, 11) is 0. The highest BCUT2D eigenvalue weighted by molar-refractivity contribution is 9.10. The van der Waals surface area contributed by atoms with E-state index in [2.05, 4.69) is 65.0 Å². The first-order chi connectivity index (χ1) is 13.0. The van der Waals surface area contributed by atoms with E-state index in [4.69, 9.17) is 16.3 Å². The van der Waals surface area contributed by atoms with Crippen molar-refractivity contribution < 1.29 is 4.74 Å². The van der Waals surface area contributed by atoms with Gasteiger partial charge in [-0.3, -0.25) is 0 Å². The molecule has 0 saturated carbocycles. The molecule has 0 atom stereocenters. The molecule has 0 aliphatic carbocycles. The van der Waals surface area contributed by atoms with Gasteiger partial charge in [0.2, 0.25) is 0 Å². The van der Waals surface area contributed by atoms with Crippen LogP contribution in [0.2, 0.25) is 5.02 Å². The van der Waals surface area contributed by atoms with E-state index in [9.17, 15) is 0 Å². The molecule has 4 heteroatoms. The molecule has 27 heavy (non-hydrogen) atoms. The Labute approximate surface area is 177 Å². The average molecular weight is 451 g/mol. The van der Waals surface area contributed by atoms with Gasteiger partial charge in [0.25, 0.3) is 0 Å². The largest absolute Gasteiger partial charge is 0.491 e. The molecule has 0 amide bonds. The monoisotopic (exact) mass is 449 g/mol. The minimum Gasteiger partial charge on any atom is -0.491 e. The average Bonchev–Trinajstić information content (AvgIpc) is 2.61. The smallest absolute Gasteiger partial charge is 0.121 e. The summed E-state index contributed by atoms with van der Waals surface area (Å²) in [4.78, 5) is 2.58. The maximum Gasteiger partial charge on any atom is 0.121 e. The van der Waals surface area contributed by atoms with Crippen LogP contribution in [0, 0.1) is 5.92 Å². The first-order valence-electron chi connectivity index (χ1n) is 9.91. The molecule has 0 spiro atoms. The molecule has 1 aliphatic rings. The topological polar surface area (TPSA) is 12.5 Å². The Balaban J connectivity index is 1.48. The second-order valence-corrected chi connectivity index (χ2v) is 9.12. The summed E-state index contributed by atoms with van der Waals surface area (Å²) in [6, 6.07) is 14.7. The van der Waals surface area contributed by atoms with E-state index in [1.54, 1.807) is 0 Å². The van der Waals surface area contributed by atoms with Gasteiger partial charge in [0.1, 0.15) is 5.75 Å². The second-order valence-electron chi connectivity index (χ2n) is 7.79. The molecule has 2 aromatic carbocycles. The van der Waals surface area contributed by atoms with Crippen molar-refractivity contribution in [2.45, 2.75) is 45.6 Å². The van der Waals surface area contributed by atoms with E-state index >= 15 is 0 Å². The van der Waals surface area contributed by atoms with Crippen LogP contribution in [0.15, 0.2) is 46.9 Å². The van der Waals surface area contributed by atoms with Crippen LogP contribution in [0.5, 0.6) is 5.75 Å². The highest BCUT2D eigenvalue weighted by Crippen LogP contribution is 2.27. The Kier molecular flexibility index (Phi) is 7.63. The van der Waals surface area contributed by atoms with Crippen LogP contribution in [-0.2, 0) is 12.8 Å². The Morgan fingerprint density at radius 2 is 1.89 bits per heavy atom. The molecule has 2 aromatic rings. The van der Waals surface area contributed by atoms with Crippen LogP contribution in [0.1, 0.15) is 37.8 Å². The summed E-state index contributed by atoms with van der Waals surface area (Å²) in [6.07, 6.45) is 4.89. The van der Waals surface area contributed by atoms with E-state index in [0.29, 0.717) is 0 Å². The SMILES string of the molecule is CC(C)Oc1cc(Br)cc(CC2CCN(CCc3ccccc3Cl)CC2)c1. The summed E-state index contributed by atoms with van der Waals surface area (Å²) in [5, 5.41) is 0.890.